The van der Waals surface area contributed by atoms with E-state index in [1.807, 2.05) is 70.2 Å². The monoisotopic (exact) mass is 574 g/mol. The van der Waals surface area contributed by atoms with Crippen LogP contribution in [0.3, 0.4) is 0 Å². The molecule has 42 heavy (non-hydrogen) atoms. The Morgan fingerprint density at radius 2 is 1.93 bits per heavy atom. The van der Waals surface area contributed by atoms with E-state index >= 15 is 0 Å². The average molecular weight is 575 g/mol. The van der Waals surface area contributed by atoms with E-state index in [9.17, 15) is 19.5 Å². The van der Waals surface area contributed by atoms with Gasteiger partial charge in [-0.3, -0.25) is 14.4 Å². The fraction of sp³-hybridized carbons (Fsp3) is 0.500. The lowest BCUT2D eigenvalue weighted by Gasteiger charge is -2.41. The Morgan fingerprint density at radius 1 is 1.21 bits per heavy atom. The standard InChI is InChI=1S/C34H42N2O6/c1-7-16-35(25-15-14-23-12-10-11-13-24(23)18-25)31(39)29-34-19-22(5)33(6,42-34)28(32(40)41-17-8-2)27(34)30(38)36(29)26(20-37)21(4)9-3/h7-8,10-15,18,21-22,26-29,37H,1-2,9,16-17,19-20H2,3-6H3/t21-,22?,26-,27-,28+,29?,33-,34?/m0/s1. The maximum absolute atomic E-state index is 14.9. The number of fused-ring (bicyclic) bond motifs is 2. The molecule has 0 aliphatic carbocycles. The smallest absolute Gasteiger partial charge is 0.313 e. The van der Waals surface area contributed by atoms with E-state index in [0.29, 0.717) is 18.5 Å². The van der Waals surface area contributed by atoms with Gasteiger partial charge in [0.15, 0.2) is 0 Å². The zero-order valence-electron chi connectivity index (χ0n) is 25.0. The number of hydrogen-bond acceptors (Lipinski definition) is 6. The molecule has 3 aliphatic heterocycles. The minimum atomic E-state index is -1.25. The van der Waals surface area contributed by atoms with E-state index in [1.54, 1.807) is 15.9 Å². The number of esters is 1. The van der Waals surface area contributed by atoms with Crippen LogP contribution in [0.25, 0.3) is 10.8 Å². The molecule has 0 aromatic heterocycles. The van der Waals surface area contributed by atoms with E-state index in [-0.39, 0.29) is 43.4 Å². The van der Waals surface area contributed by atoms with Gasteiger partial charge in [-0.05, 0) is 48.1 Å². The fourth-order valence-electron chi connectivity index (χ4n) is 7.66. The summed E-state index contributed by atoms with van der Waals surface area (Å²) in [6.07, 6.45) is 4.27. The molecular weight excluding hydrogens is 532 g/mol. The Kier molecular flexibility index (Phi) is 8.07. The highest BCUT2D eigenvalue weighted by Gasteiger charge is 2.81. The molecule has 8 atom stereocenters. The van der Waals surface area contributed by atoms with Crippen molar-refractivity contribution < 1.29 is 29.0 Å². The molecule has 3 heterocycles. The molecule has 3 unspecified atom stereocenters. The Morgan fingerprint density at radius 3 is 2.57 bits per heavy atom. The summed E-state index contributed by atoms with van der Waals surface area (Å²) < 4.78 is 12.3. The third kappa shape index (κ3) is 4.38. The van der Waals surface area contributed by atoms with Crippen LogP contribution in [0.1, 0.15) is 40.5 Å². The van der Waals surface area contributed by atoms with Crippen LogP contribution in [0.15, 0.2) is 67.8 Å². The molecule has 8 heteroatoms. The summed E-state index contributed by atoms with van der Waals surface area (Å²) in [5.74, 6) is -3.22. The summed E-state index contributed by atoms with van der Waals surface area (Å²) in [7, 11) is 0. The highest BCUT2D eigenvalue weighted by molar-refractivity contribution is 6.06. The van der Waals surface area contributed by atoms with Gasteiger partial charge < -0.3 is 24.4 Å². The maximum atomic E-state index is 14.9. The number of ether oxygens (including phenoxy) is 2. The first-order chi connectivity index (χ1) is 20.1. The van der Waals surface area contributed by atoms with Crippen molar-refractivity contribution in [1.29, 1.82) is 0 Å². The molecular formula is C34H42N2O6. The van der Waals surface area contributed by atoms with Gasteiger partial charge in [-0.15, -0.1) is 6.58 Å². The van der Waals surface area contributed by atoms with E-state index < -0.39 is 41.1 Å². The first kappa shape index (κ1) is 30.0. The van der Waals surface area contributed by atoms with Crippen molar-refractivity contribution in [2.24, 2.45) is 23.7 Å². The number of benzene rings is 2. The second kappa shape index (κ2) is 11.3. The highest BCUT2D eigenvalue weighted by Crippen LogP contribution is 2.66. The average Bonchev–Trinajstić information content (AvgIpc) is 3.50. The molecule has 3 saturated heterocycles. The van der Waals surface area contributed by atoms with Crippen LogP contribution < -0.4 is 4.90 Å². The number of rotatable bonds is 11. The summed E-state index contributed by atoms with van der Waals surface area (Å²) in [6.45, 7) is 15.3. The lowest BCUT2D eigenvalue weighted by molar-refractivity contribution is -0.162. The number of nitrogens with zero attached hydrogens (tertiary/aromatic N) is 2. The maximum Gasteiger partial charge on any atom is 0.313 e. The van der Waals surface area contributed by atoms with Gasteiger partial charge in [-0.25, -0.2) is 0 Å². The van der Waals surface area contributed by atoms with Crippen molar-refractivity contribution in [3.05, 3.63) is 67.8 Å². The number of carbonyl (C=O) groups excluding carboxylic acids is 3. The quantitative estimate of drug-likeness (QED) is 0.314. The molecule has 2 aromatic rings. The summed E-state index contributed by atoms with van der Waals surface area (Å²) in [4.78, 5) is 46.2. The summed E-state index contributed by atoms with van der Waals surface area (Å²) >= 11 is 0. The lowest BCUT2D eigenvalue weighted by Crippen LogP contribution is -2.60. The molecule has 0 radical (unpaired) electrons. The largest absolute Gasteiger partial charge is 0.461 e. The van der Waals surface area contributed by atoms with Crippen LogP contribution in [0.2, 0.25) is 0 Å². The van der Waals surface area contributed by atoms with Crippen molar-refractivity contribution in [2.75, 3.05) is 24.7 Å². The number of aliphatic hydroxyl groups excluding tert-OH is 1. The number of aliphatic hydroxyl groups is 1. The third-order valence-corrected chi connectivity index (χ3v) is 10.1. The zero-order chi connectivity index (χ0) is 30.4. The molecule has 5 rings (SSSR count). The zero-order valence-corrected chi connectivity index (χ0v) is 25.0. The minimum absolute atomic E-state index is 0.0149. The summed E-state index contributed by atoms with van der Waals surface area (Å²) in [5.41, 5.74) is -1.57. The molecule has 8 nitrogen and oxygen atoms in total. The van der Waals surface area contributed by atoms with Gasteiger partial charge in [-0.1, -0.05) is 76.3 Å². The van der Waals surface area contributed by atoms with Crippen LogP contribution in [-0.2, 0) is 23.9 Å². The summed E-state index contributed by atoms with van der Waals surface area (Å²) in [5, 5.41) is 12.6. The number of likely N-dealkylation sites (tertiary alicyclic amines) is 1. The van der Waals surface area contributed by atoms with Crippen molar-refractivity contribution in [3.8, 4) is 0 Å². The summed E-state index contributed by atoms with van der Waals surface area (Å²) in [6, 6.07) is 12.1. The predicted octanol–water partition coefficient (Wildman–Crippen LogP) is 4.51. The van der Waals surface area contributed by atoms with Crippen LogP contribution in [0, 0.1) is 23.7 Å². The van der Waals surface area contributed by atoms with Gasteiger partial charge in [-0.2, -0.15) is 0 Å². The van der Waals surface area contributed by atoms with Crippen LogP contribution >= 0.6 is 0 Å². The number of amides is 2. The second-order valence-corrected chi connectivity index (χ2v) is 12.3. The fourth-order valence-corrected chi connectivity index (χ4v) is 7.66. The molecule has 2 aromatic carbocycles. The van der Waals surface area contributed by atoms with Crippen LogP contribution in [-0.4, -0.2) is 70.8 Å². The second-order valence-electron chi connectivity index (χ2n) is 12.3. The topological polar surface area (TPSA) is 96.4 Å². The van der Waals surface area contributed by atoms with Gasteiger partial charge in [0.25, 0.3) is 5.91 Å². The number of anilines is 1. The van der Waals surface area contributed by atoms with E-state index in [1.165, 1.54) is 6.08 Å². The Hall–Kier alpha value is -3.49. The number of carbonyl (C=O) groups is 3. The van der Waals surface area contributed by atoms with Gasteiger partial charge in [0, 0.05) is 12.2 Å². The third-order valence-electron chi connectivity index (χ3n) is 10.1. The normalized spacial score (nSPS) is 31.1. The van der Waals surface area contributed by atoms with Gasteiger partial charge in [0.05, 0.1) is 24.2 Å². The van der Waals surface area contributed by atoms with Crippen molar-refractivity contribution in [3.63, 3.8) is 0 Å². The minimum Gasteiger partial charge on any atom is -0.461 e. The lowest BCUT2D eigenvalue weighted by atomic mass is 9.62. The molecule has 3 aliphatic rings. The first-order valence-electron chi connectivity index (χ1n) is 14.9. The Balaban J connectivity index is 1.66. The number of hydrogen-bond donors (Lipinski definition) is 1. The molecule has 3 fully saturated rings. The van der Waals surface area contributed by atoms with E-state index in [4.69, 9.17) is 9.47 Å². The predicted molar refractivity (Wildman–Crippen MR) is 162 cm³/mol. The molecule has 0 saturated carbocycles. The molecule has 224 valence electrons. The highest BCUT2D eigenvalue weighted by atomic mass is 16.6. The SMILES string of the molecule is C=CCOC(=O)[C@H]1[C@H]2C(=O)N([C@@H](CO)[C@@H](C)CC)C(C(=O)N(CC=C)c3ccc4ccccc4c3)C23CC(C)[C@]1(C)O3. The van der Waals surface area contributed by atoms with Crippen molar-refractivity contribution in [1.82, 2.24) is 4.90 Å². The van der Waals surface area contributed by atoms with Gasteiger partial charge >= 0.3 is 5.97 Å². The molecule has 2 bridgehead atoms. The molecule has 1 spiro atoms. The van der Waals surface area contributed by atoms with Crippen LogP contribution in [0.5, 0.6) is 0 Å². The van der Waals surface area contributed by atoms with Crippen molar-refractivity contribution >= 4 is 34.2 Å². The van der Waals surface area contributed by atoms with Crippen LogP contribution in [0.4, 0.5) is 5.69 Å². The van der Waals surface area contributed by atoms with Crippen molar-refractivity contribution in [2.45, 2.75) is 63.8 Å². The van der Waals surface area contributed by atoms with E-state index in [2.05, 4.69) is 13.2 Å². The first-order valence-corrected chi connectivity index (χ1v) is 14.9. The van der Waals surface area contributed by atoms with Gasteiger partial charge in [0.1, 0.15) is 24.2 Å². The van der Waals surface area contributed by atoms with Gasteiger partial charge in [0.2, 0.25) is 5.91 Å². The van der Waals surface area contributed by atoms with E-state index in [0.717, 1.165) is 10.8 Å². The molecule has 1 N–H and O–H groups in total. The Bertz CT molecular complexity index is 1410. The Labute approximate surface area is 248 Å². The molecule has 2 amide bonds.